The van der Waals surface area contributed by atoms with Gasteiger partial charge in [-0.05, 0) is 121 Å². The molecule has 5 aliphatic rings. The van der Waals surface area contributed by atoms with Gasteiger partial charge in [-0.15, -0.1) is 0 Å². The van der Waals surface area contributed by atoms with Crippen LogP contribution in [0.25, 0.3) is 11.1 Å². The summed E-state index contributed by atoms with van der Waals surface area (Å²) in [6.45, 7) is 6.83. The number of benzene rings is 3. The van der Waals surface area contributed by atoms with E-state index in [0.717, 1.165) is 55.2 Å². The molecule has 0 aromatic heterocycles. The molecule has 3 fully saturated rings. The van der Waals surface area contributed by atoms with E-state index in [1.807, 2.05) is 54.6 Å². The fraction of sp³-hybridized carbons (Fsp3) is 0.489. The van der Waals surface area contributed by atoms with Gasteiger partial charge in [0.05, 0.1) is 0 Å². The van der Waals surface area contributed by atoms with Crippen molar-refractivity contribution in [1.82, 2.24) is 5.32 Å². The van der Waals surface area contributed by atoms with Gasteiger partial charge >= 0.3 is 12.1 Å². The van der Waals surface area contributed by atoms with Gasteiger partial charge in [0.25, 0.3) is 0 Å². The Morgan fingerprint density at radius 2 is 1.49 bits per heavy atom. The predicted molar refractivity (Wildman–Crippen MR) is 198 cm³/mol. The maximum Gasteiger partial charge on any atom is 0.407 e. The number of nitrogens with one attached hydrogen (secondary N) is 1. The third kappa shape index (κ3) is 6.02. The smallest absolute Gasteiger partial charge is 0.407 e. The second kappa shape index (κ2) is 13.4. The largest absolute Gasteiger partial charge is 0.457 e. The first kappa shape index (κ1) is 33.9. The Kier molecular flexibility index (Phi) is 8.92. The number of amides is 1. The molecule has 51 heavy (non-hydrogen) atoms. The molecule has 0 heterocycles. The van der Waals surface area contributed by atoms with Crippen LogP contribution in [0.1, 0.15) is 94.7 Å². The van der Waals surface area contributed by atoms with E-state index >= 15 is 0 Å². The summed E-state index contributed by atoms with van der Waals surface area (Å²) in [6, 6.07) is 25.4. The summed E-state index contributed by atoms with van der Waals surface area (Å²) >= 11 is 0. The van der Waals surface area contributed by atoms with E-state index in [1.165, 1.54) is 29.5 Å². The Hall–Kier alpha value is -4.19. The molecule has 0 radical (unpaired) electrons. The molecule has 0 saturated heterocycles. The number of carbonyl (C=O) groups is 3. The minimum atomic E-state index is -0.877. The first-order chi connectivity index (χ1) is 24.7. The third-order valence-corrected chi connectivity index (χ3v) is 14.0. The second-order valence-corrected chi connectivity index (χ2v) is 16.5. The molecule has 5 aliphatic carbocycles. The quantitative estimate of drug-likeness (QED) is 0.189. The molecule has 3 aromatic carbocycles. The number of ether oxygens (including phenoxy) is 2. The molecule has 1 N–H and O–H groups in total. The number of hydrogen-bond donors (Lipinski definition) is 1. The van der Waals surface area contributed by atoms with Gasteiger partial charge in [-0.1, -0.05) is 98.3 Å². The van der Waals surface area contributed by atoms with Crippen molar-refractivity contribution in [2.24, 2.45) is 34.5 Å². The van der Waals surface area contributed by atoms with E-state index in [4.69, 9.17) is 9.47 Å². The lowest BCUT2D eigenvalue weighted by Crippen LogP contribution is -2.51. The monoisotopic (exact) mass is 685 g/mol. The summed E-state index contributed by atoms with van der Waals surface area (Å²) in [4.78, 5) is 39.9. The van der Waals surface area contributed by atoms with Crippen molar-refractivity contribution in [1.29, 1.82) is 0 Å². The Balaban J connectivity index is 0.945. The molecule has 1 amide bonds. The number of alkyl carbamates (subject to hydrolysis) is 1. The van der Waals surface area contributed by atoms with Crippen molar-refractivity contribution < 1.29 is 23.9 Å². The average Bonchev–Trinajstić information content (AvgIpc) is 3.66. The van der Waals surface area contributed by atoms with Crippen molar-refractivity contribution in [3.05, 3.63) is 107 Å². The first-order valence-corrected chi connectivity index (χ1v) is 19.2. The summed E-state index contributed by atoms with van der Waals surface area (Å²) < 4.78 is 12.1. The van der Waals surface area contributed by atoms with Gasteiger partial charge < -0.3 is 14.8 Å². The van der Waals surface area contributed by atoms with Gasteiger partial charge in [0, 0.05) is 18.3 Å². The average molecular weight is 686 g/mol. The number of ketones is 1. The normalized spacial score (nSPS) is 31.1. The van der Waals surface area contributed by atoms with Gasteiger partial charge in [0.15, 0.2) is 0 Å². The second-order valence-electron chi connectivity index (χ2n) is 16.5. The third-order valence-electron chi connectivity index (χ3n) is 14.0. The van der Waals surface area contributed by atoms with E-state index in [0.29, 0.717) is 30.0 Å². The van der Waals surface area contributed by atoms with Crippen LogP contribution in [0.3, 0.4) is 0 Å². The fourth-order valence-corrected chi connectivity index (χ4v) is 11.5. The summed E-state index contributed by atoms with van der Waals surface area (Å²) in [6.07, 6.45) is 10.1. The number of carbonyl (C=O) groups excluding carboxylic acids is 3. The number of rotatable bonds is 8. The standard InChI is InChI=1S/C45H51NO5/c1-28(47)38-19-20-39-36-18-17-30-26-31(21-23-44(30,2)40(36)22-24-45(38,39)3)51-42(48)41(25-29-11-5-4-6-12-29)46-43(49)50-27-37-34-15-9-7-13-32(34)33-14-8-10-16-35(33)37/h4-16,26,31,36-41H,17-25,27H2,1-3H3,(H,46,49)/t31-,36-,38+,39-,40-,41-,44-,45+/m0/s1. The molecule has 266 valence electrons. The Morgan fingerprint density at radius 3 is 2.20 bits per heavy atom. The van der Waals surface area contributed by atoms with Gasteiger partial charge in [-0.2, -0.15) is 0 Å². The zero-order chi connectivity index (χ0) is 35.3. The van der Waals surface area contributed by atoms with Crippen molar-refractivity contribution in [3.8, 4) is 11.1 Å². The summed E-state index contributed by atoms with van der Waals surface area (Å²) in [5.74, 6) is 1.99. The molecule has 8 rings (SSSR count). The highest BCUT2D eigenvalue weighted by atomic mass is 16.6. The molecule has 3 saturated carbocycles. The highest BCUT2D eigenvalue weighted by Gasteiger charge is 2.59. The molecule has 0 spiro atoms. The van der Waals surface area contributed by atoms with E-state index in [1.54, 1.807) is 6.92 Å². The van der Waals surface area contributed by atoms with Crippen LogP contribution in [-0.4, -0.2) is 36.6 Å². The minimum absolute atomic E-state index is 0.0666. The first-order valence-electron chi connectivity index (χ1n) is 19.2. The van der Waals surface area contributed by atoms with Gasteiger partial charge in [0.1, 0.15) is 24.5 Å². The maximum atomic E-state index is 13.9. The van der Waals surface area contributed by atoms with Crippen LogP contribution >= 0.6 is 0 Å². The SMILES string of the molecule is CC(=O)[C@H]1CC[C@H]2[C@@H]3CCC4=C[C@@H](OC(=O)[C@H](Cc5ccccc5)NC(=O)OCC5c6ccccc6-c6ccccc65)CC[C@]4(C)[C@H]3CC[C@]12C. The molecule has 0 unspecified atom stereocenters. The van der Waals surface area contributed by atoms with Crippen LogP contribution in [0.5, 0.6) is 0 Å². The molecule has 3 aromatic rings. The van der Waals surface area contributed by atoms with Crippen molar-refractivity contribution in [3.63, 3.8) is 0 Å². The topological polar surface area (TPSA) is 81.7 Å². The van der Waals surface area contributed by atoms with Crippen LogP contribution in [0.15, 0.2) is 90.5 Å². The predicted octanol–water partition coefficient (Wildman–Crippen LogP) is 9.22. The van der Waals surface area contributed by atoms with Gasteiger partial charge in [-0.3, -0.25) is 4.79 Å². The zero-order valence-corrected chi connectivity index (χ0v) is 30.2. The molecule has 8 atom stereocenters. The molecule has 0 aliphatic heterocycles. The molecule has 0 bridgehead atoms. The van der Waals surface area contributed by atoms with Crippen LogP contribution in [0, 0.1) is 34.5 Å². The lowest BCUT2D eigenvalue weighted by molar-refractivity contribution is -0.151. The highest BCUT2D eigenvalue weighted by Crippen LogP contribution is 2.66. The summed E-state index contributed by atoms with van der Waals surface area (Å²) in [7, 11) is 0. The molecule has 6 nitrogen and oxygen atoms in total. The van der Waals surface area contributed by atoms with Gasteiger partial charge in [-0.25, -0.2) is 9.59 Å². The maximum absolute atomic E-state index is 13.9. The van der Waals surface area contributed by atoms with E-state index in [9.17, 15) is 14.4 Å². The number of hydrogen-bond acceptors (Lipinski definition) is 5. The zero-order valence-electron chi connectivity index (χ0n) is 30.2. The lowest BCUT2D eigenvalue weighted by atomic mass is 9.46. The van der Waals surface area contributed by atoms with Crippen molar-refractivity contribution in [2.45, 2.75) is 96.6 Å². The van der Waals surface area contributed by atoms with Crippen molar-refractivity contribution in [2.75, 3.05) is 6.61 Å². The van der Waals surface area contributed by atoms with Crippen LogP contribution < -0.4 is 5.32 Å². The molecular weight excluding hydrogens is 634 g/mol. The number of allylic oxidation sites excluding steroid dienone is 1. The number of fused-ring (bicyclic) bond motifs is 8. The van der Waals surface area contributed by atoms with Gasteiger partial charge in [0.2, 0.25) is 0 Å². The summed E-state index contributed by atoms with van der Waals surface area (Å²) in [5, 5.41) is 2.88. The van der Waals surface area contributed by atoms with E-state index in [-0.39, 0.29) is 35.4 Å². The molecule has 6 heteroatoms. The number of Topliss-reactive ketones (excluding diaryl/α,β-unsaturated/α-hetero) is 1. The van der Waals surface area contributed by atoms with Crippen LogP contribution in [0.4, 0.5) is 4.79 Å². The minimum Gasteiger partial charge on any atom is -0.457 e. The lowest BCUT2D eigenvalue weighted by Gasteiger charge is -2.58. The Labute approximate surface area is 302 Å². The van der Waals surface area contributed by atoms with Crippen LogP contribution in [0.2, 0.25) is 0 Å². The summed E-state index contributed by atoms with van der Waals surface area (Å²) in [5.41, 5.74) is 7.24. The van der Waals surface area contributed by atoms with Crippen LogP contribution in [-0.2, 0) is 25.5 Å². The number of esters is 1. The van der Waals surface area contributed by atoms with E-state index < -0.39 is 18.1 Å². The molecular formula is C45H51NO5. The fourth-order valence-electron chi connectivity index (χ4n) is 11.5. The van der Waals surface area contributed by atoms with E-state index in [2.05, 4.69) is 49.5 Å². The highest BCUT2D eigenvalue weighted by molar-refractivity contribution is 5.83. The van der Waals surface area contributed by atoms with Crippen molar-refractivity contribution >= 4 is 17.8 Å². The Bertz CT molecular complexity index is 1800. The Morgan fingerprint density at radius 1 is 0.804 bits per heavy atom.